The number of piperazine rings is 1. The van der Waals surface area contributed by atoms with Crippen LogP contribution in [0.15, 0.2) is 24.3 Å². The summed E-state index contributed by atoms with van der Waals surface area (Å²) in [5.41, 5.74) is 1.94. The number of nitrogens with zero attached hydrogens (tertiary/aromatic N) is 2. The molecule has 1 heterocycles. The van der Waals surface area contributed by atoms with Crippen molar-refractivity contribution in [1.29, 1.82) is 0 Å². The molecule has 0 radical (unpaired) electrons. The quantitative estimate of drug-likeness (QED) is 0.772. The number of Topliss-reactive ketones (excluding diaryl/α,β-unsaturated/α-hetero) is 1. The molecular weight excluding hydrogens is 314 g/mol. The summed E-state index contributed by atoms with van der Waals surface area (Å²) >= 11 is 0. The van der Waals surface area contributed by atoms with Gasteiger partial charge in [0.25, 0.3) is 0 Å². The standard InChI is InChI=1S/C20H31N3O2/c1-15(2)13-19(24)21-14-22-9-11-23(12-10-22)18-7-5-17(6-8-18)20(25)16(3)4/h5-8,15-16H,9-14H2,1-4H3,(H,21,24). The van der Waals surface area contributed by atoms with Crippen molar-refractivity contribution >= 4 is 17.4 Å². The first-order chi connectivity index (χ1) is 11.9. The molecule has 0 atom stereocenters. The molecule has 1 saturated heterocycles. The van der Waals surface area contributed by atoms with Gasteiger partial charge in [-0.05, 0) is 30.2 Å². The minimum atomic E-state index is 0.0281. The van der Waals surface area contributed by atoms with Crippen LogP contribution in [0.3, 0.4) is 0 Å². The summed E-state index contributed by atoms with van der Waals surface area (Å²) in [4.78, 5) is 28.4. The lowest BCUT2D eigenvalue weighted by molar-refractivity contribution is -0.122. The van der Waals surface area contributed by atoms with Crippen LogP contribution in [-0.4, -0.2) is 49.4 Å². The molecule has 1 aromatic carbocycles. The number of carbonyl (C=O) groups is 2. The maximum atomic E-state index is 12.0. The van der Waals surface area contributed by atoms with Crippen molar-refractivity contribution in [2.24, 2.45) is 11.8 Å². The van der Waals surface area contributed by atoms with Crippen LogP contribution in [0.5, 0.6) is 0 Å². The van der Waals surface area contributed by atoms with Crippen LogP contribution < -0.4 is 10.2 Å². The smallest absolute Gasteiger partial charge is 0.221 e. The molecular formula is C20H31N3O2. The molecule has 1 aliphatic rings. The number of benzene rings is 1. The monoisotopic (exact) mass is 345 g/mol. The average molecular weight is 345 g/mol. The molecule has 1 aliphatic heterocycles. The van der Waals surface area contributed by atoms with E-state index in [0.717, 1.165) is 37.4 Å². The molecule has 1 aromatic rings. The number of rotatable bonds is 7. The van der Waals surface area contributed by atoms with Gasteiger partial charge in [0.05, 0.1) is 6.67 Å². The fourth-order valence-electron chi connectivity index (χ4n) is 2.98. The van der Waals surface area contributed by atoms with Gasteiger partial charge in [0.2, 0.25) is 5.91 Å². The van der Waals surface area contributed by atoms with E-state index in [-0.39, 0.29) is 17.6 Å². The average Bonchev–Trinajstić information content (AvgIpc) is 2.59. The molecule has 0 aliphatic carbocycles. The van der Waals surface area contributed by atoms with Crippen LogP contribution >= 0.6 is 0 Å². The lowest BCUT2D eigenvalue weighted by Gasteiger charge is -2.36. The molecule has 5 nitrogen and oxygen atoms in total. The number of amides is 1. The zero-order chi connectivity index (χ0) is 18.4. The Balaban J connectivity index is 1.80. The van der Waals surface area contributed by atoms with Crippen LogP contribution in [0, 0.1) is 11.8 Å². The molecule has 0 unspecified atom stereocenters. The third-order valence-corrected chi connectivity index (χ3v) is 4.51. The molecule has 1 fully saturated rings. The second-order valence-corrected chi connectivity index (χ2v) is 7.53. The number of hydrogen-bond donors (Lipinski definition) is 1. The van der Waals surface area contributed by atoms with E-state index in [9.17, 15) is 9.59 Å². The maximum absolute atomic E-state index is 12.0. The summed E-state index contributed by atoms with van der Waals surface area (Å²) in [6, 6.07) is 7.93. The summed E-state index contributed by atoms with van der Waals surface area (Å²) in [5.74, 6) is 0.735. The van der Waals surface area contributed by atoms with E-state index >= 15 is 0 Å². The Kier molecular flexibility index (Phi) is 7.00. The Labute approximate surface area is 151 Å². The minimum absolute atomic E-state index is 0.0281. The predicted molar refractivity (Wildman–Crippen MR) is 102 cm³/mol. The Morgan fingerprint density at radius 2 is 1.60 bits per heavy atom. The maximum Gasteiger partial charge on any atom is 0.221 e. The topological polar surface area (TPSA) is 52.7 Å². The fourth-order valence-corrected chi connectivity index (χ4v) is 2.98. The highest BCUT2D eigenvalue weighted by atomic mass is 16.1. The normalized spacial score (nSPS) is 15.7. The first-order valence-corrected chi connectivity index (χ1v) is 9.25. The number of ketones is 1. The molecule has 2 rings (SSSR count). The van der Waals surface area contributed by atoms with E-state index in [0.29, 0.717) is 19.0 Å². The molecule has 0 aromatic heterocycles. The zero-order valence-electron chi connectivity index (χ0n) is 15.9. The highest BCUT2D eigenvalue weighted by molar-refractivity contribution is 5.97. The van der Waals surface area contributed by atoms with Gasteiger partial charge in [0.1, 0.15) is 0 Å². The zero-order valence-corrected chi connectivity index (χ0v) is 15.9. The summed E-state index contributed by atoms with van der Waals surface area (Å²) in [7, 11) is 0. The summed E-state index contributed by atoms with van der Waals surface area (Å²) in [6.45, 7) is 12.3. The molecule has 0 saturated carbocycles. The molecule has 1 N–H and O–H groups in total. The van der Waals surface area contributed by atoms with Gasteiger partial charge in [0, 0.05) is 49.8 Å². The Morgan fingerprint density at radius 3 is 2.12 bits per heavy atom. The Bertz CT molecular complexity index is 573. The van der Waals surface area contributed by atoms with E-state index in [2.05, 4.69) is 29.0 Å². The van der Waals surface area contributed by atoms with Gasteiger partial charge < -0.3 is 10.2 Å². The highest BCUT2D eigenvalue weighted by Crippen LogP contribution is 2.18. The highest BCUT2D eigenvalue weighted by Gasteiger charge is 2.18. The summed E-state index contributed by atoms with van der Waals surface area (Å²) in [5, 5.41) is 3.00. The van der Waals surface area contributed by atoms with Gasteiger partial charge in [-0.1, -0.05) is 27.7 Å². The predicted octanol–water partition coefficient (Wildman–Crippen LogP) is 2.77. The van der Waals surface area contributed by atoms with Crippen molar-refractivity contribution in [3.8, 4) is 0 Å². The second-order valence-electron chi connectivity index (χ2n) is 7.53. The Morgan fingerprint density at radius 1 is 1.00 bits per heavy atom. The third-order valence-electron chi connectivity index (χ3n) is 4.51. The van der Waals surface area contributed by atoms with Gasteiger partial charge in [-0.15, -0.1) is 0 Å². The van der Waals surface area contributed by atoms with Gasteiger partial charge in [0.15, 0.2) is 5.78 Å². The molecule has 138 valence electrons. The van der Waals surface area contributed by atoms with E-state index in [1.54, 1.807) is 0 Å². The van der Waals surface area contributed by atoms with Crippen molar-refractivity contribution in [3.05, 3.63) is 29.8 Å². The largest absolute Gasteiger partial charge is 0.369 e. The van der Waals surface area contributed by atoms with E-state index in [4.69, 9.17) is 0 Å². The molecule has 0 spiro atoms. The van der Waals surface area contributed by atoms with Crippen LogP contribution in [0.25, 0.3) is 0 Å². The van der Waals surface area contributed by atoms with E-state index in [1.165, 1.54) is 0 Å². The van der Waals surface area contributed by atoms with Gasteiger partial charge in [-0.2, -0.15) is 0 Å². The van der Waals surface area contributed by atoms with Crippen LogP contribution in [0.1, 0.15) is 44.5 Å². The lowest BCUT2D eigenvalue weighted by Crippen LogP contribution is -2.50. The molecule has 0 bridgehead atoms. The summed E-state index contributed by atoms with van der Waals surface area (Å²) in [6.07, 6.45) is 0.585. The van der Waals surface area contributed by atoms with E-state index in [1.807, 2.05) is 38.1 Å². The third kappa shape index (κ3) is 5.85. The van der Waals surface area contributed by atoms with Gasteiger partial charge in [-0.25, -0.2) is 0 Å². The van der Waals surface area contributed by atoms with Crippen molar-refractivity contribution < 1.29 is 9.59 Å². The van der Waals surface area contributed by atoms with Crippen LogP contribution in [-0.2, 0) is 4.79 Å². The lowest BCUT2D eigenvalue weighted by atomic mass is 10.0. The first-order valence-electron chi connectivity index (χ1n) is 9.25. The van der Waals surface area contributed by atoms with Gasteiger partial charge in [-0.3, -0.25) is 14.5 Å². The SMILES string of the molecule is CC(C)CC(=O)NCN1CCN(c2ccc(C(=O)C(C)C)cc2)CC1. The molecule has 5 heteroatoms. The van der Waals surface area contributed by atoms with Crippen LogP contribution in [0.4, 0.5) is 5.69 Å². The number of nitrogens with one attached hydrogen (secondary N) is 1. The fraction of sp³-hybridized carbons (Fsp3) is 0.600. The number of carbonyl (C=O) groups excluding carboxylic acids is 2. The second kappa shape index (κ2) is 8.99. The van der Waals surface area contributed by atoms with Crippen molar-refractivity contribution in [2.45, 2.75) is 34.1 Å². The van der Waals surface area contributed by atoms with Crippen molar-refractivity contribution in [3.63, 3.8) is 0 Å². The number of hydrogen-bond acceptors (Lipinski definition) is 4. The minimum Gasteiger partial charge on any atom is -0.369 e. The van der Waals surface area contributed by atoms with E-state index < -0.39 is 0 Å². The Hall–Kier alpha value is -1.88. The van der Waals surface area contributed by atoms with Crippen molar-refractivity contribution in [1.82, 2.24) is 10.2 Å². The molecule has 25 heavy (non-hydrogen) atoms. The first kappa shape index (κ1) is 19.4. The van der Waals surface area contributed by atoms with Crippen LogP contribution in [0.2, 0.25) is 0 Å². The van der Waals surface area contributed by atoms with Crippen molar-refractivity contribution in [2.75, 3.05) is 37.7 Å². The molecule has 1 amide bonds. The number of anilines is 1. The summed E-state index contributed by atoms with van der Waals surface area (Å²) < 4.78 is 0. The van der Waals surface area contributed by atoms with Gasteiger partial charge >= 0.3 is 0 Å².